The van der Waals surface area contributed by atoms with Gasteiger partial charge in [0.2, 0.25) is 0 Å². The van der Waals surface area contributed by atoms with Crippen molar-refractivity contribution in [3.63, 3.8) is 0 Å². The fourth-order valence-electron chi connectivity index (χ4n) is 3.11. The third kappa shape index (κ3) is 4.42. The highest BCUT2D eigenvalue weighted by Gasteiger charge is 2.16. The molecule has 0 saturated carbocycles. The number of carbonyl (C=O) groups excluding carboxylic acids is 1. The lowest BCUT2D eigenvalue weighted by Gasteiger charge is -2.15. The number of carbonyl (C=O) groups is 1. The van der Waals surface area contributed by atoms with Crippen LogP contribution in [-0.4, -0.2) is 24.0 Å². The van der Waals surface area contributed by atoms with E-state index in [-0.39, 0.29) is 23.5 Å². The number of pyridine rings is 1. The lowest BCUT2D eigenvalue weighted by atomic mass is 10.1. The summed E-state index contributed by atoms with van der Waals surface area (Å²) in [7, 11) is 1.50. The third-order valence-electron chi connectivity index (χ3n) is 4.57. The molecule has 1 N–H and O–H groups in total. The number of hydrogen-bond donors (Lipinski definition) is 1. The Morgan fingerprint density at radius 2 is 1.96 bits per heavy atom. The molecule has 0 bridgehead atoms. The monoisotopic (exact) mass is 366 g/mol. The first-order chi connectivity index (χ1) is 13.0. The molecular weight excluding hydrogens is 343 g/mol. The van der Waals surface area contributed by atoms with E-state index in [0.29, 0.717) is 22.2 Å². The Balaban J connectivity index is 1.77. The summed E-state index contributed by atoms with van der Waals surface area (Å²) >= 11 is 0. The first kappa shape index (κ1) is 18.8. The molecule has 1 heterocycles. The molecule has 0 saturated heterocycles. The summed E-state index contributed by atoms with van der Waals surface area (Å²) in [5, 5.41) is 3.54. The second-order valence-electron chi connectivity index (χ2n) is 6.73. The molecular formula is C22H23FN2O2. The lowest BCUT2D eigenvalue weighted by Crippen LogP contribution is -2.33. The summed E-state index contributed by atoms with van der Waals surface area (Å²) in [5.41, 5.74) is 2.73. The summed E-state index contributed by atoms with van der Waals surface area (Å²) in [5.74, 6) is -0.184. The molecule has 3 rings (SSSR count). The number of benzene rings is 2. The Morgan fingerprint density at radius 3 is 2.67 bits per heavy atom. The molecule has 0 radical (unpaired) electrons. The molecule has 0 spiro atoms. The van der Waals surface area contributed by atoms with Crippen molar-refractivity contribution in [1.82, 2.24) is 10.3 Å². The van der Waals surface area contributed by atoms with Gasteiger partial charge in [-0.3, -0.25) is 4.79 Å². The van der Waals surface area contributed by atoms with Gasteiger partial charge in [-0.05, 0) is 49.9 Å². The van der Waals surface area contributed by atoms with E-state index in [1.165, 1.54) is 24.8 Å². The fraction of sp³-hybridized carbons (Fsp3) is 0.273. The van der Waals surface area contributed by atoms with Crippen molar-refractivity contribution >= 4 is 16.8 Å². The molecule has 2 aromatic carbocycles. The average Bonchev–Trinajstić information content (AvgIpc) is 2.66. The Labute approximate surface area is 158 Å². The second kappa shape index (κ2) is 8.16. The maximum Gasteiger partial charge on any atom is 0.270 e. The highest BCUT2D eigenvalue weighted by molar-refractivity contribution is 5.97. The summed E-state index contributed by atoms with van der Waals surface area (Å²) < 4.78 is 19.1. The van der Waals surface area contributed by atoms with Crippen molar-refractivity contribution < 1.29 is 13.9 Å². The molecule has 1 aromatic heterocycles. The van der Waals surface area contributed by atoms with Gasteiger partial charge < -0.3 is 10.1 Å². The number of ether oxygens (including phenoxy) is 1. The number of fused-ring (bicyclic) bond motifs is 1. The standard InChI is InChI=1S/C22H23FN2O2/c1-14-11-17(23)12-18-20(27-3)13-19(25-21(14)18)22(26)24-15(2)9-10-16-7-5-4-6-8-16/h4-8,11-13,15H,9-10H2,1-3H3,(H,24,26)/t15-/m0/s1. The maximum absolute atomic E-state index is 13.7. The van der Waals surface area contributed by atoms with Gasteiger partial charge in [-0.2, -0.15) is 0 Å². The van der Waals surface area contributed by atoms with Crippen LogP contribution in [0, 0.1) is 12.7 Å². The van der Waals surface area contributed by atoms with Gasteiger partial charge in [-0.15, -0.1) is 0 Å². The van der Waals surface area contributed by atoms with Gasteiger partial charge in [0.05, 0.1) is 12.6 Å². The number of nitrogens with one attached hydrogen (secondary N) is 1. The summed E-state index contributed by atoms with van der Waals surface area (Å²) in [4.78, 5) is 17.1. The number of aryl methyl sites for hydroxylation is 2. The summed E-state index contributed by atoms with van der Waals surface area (Å²) in [6, 6.07) is 14.5. The van der Waals surface area contributed by atoms with Crippen molar-refractivity contribution in [2.75, 3.05) is 7.11 Å². The van der Waals surface area contributed by atoms with Crippen molar-refractivity contribution in [2.45, 2.75) is 32.7 Å². The molecule has 1 atom stereocenters. The number of methoxy groups -OCH3 is 1. The van der Waals surface area contributed by atoms with E-state index in [9.17, 15) is 9.18 Å². The zero-order valence-corrected chi connectivity index (χ0v) is 15.8. The number of nitrogens with zero attached hydrogens (tertiary/aromatic N) is 1. The van der Waals surface area contributed by atoms with Crippen LogP contribution in [0.1, 0.15) is 35.0 Å². The number of amides is 1. The minimum Gasteiger partial charge on any atom is -0.496 e. The van der Waals surface area contributed by atoms with Gasteiger partial charge in [0.25, 0.3) is 5.91 Å². The van der Waals surface area contributed by atoms with E-state index in [4.69, 9.17) is 4.74 Å². The van der Waals surface area contributed by atoms with Crippen LogP contribution in [0.4, 0.5) is 4.39 Å². The lowest BCUT2D eigenvalue weighted by molar-refractivity contribution is 0.0933. The molecule has 5 heteroatoms. The van der Waals surface area contributed by atoms with Gasteiger partial charge >= 0.3 is 0 Å². The van der Waals surface area contributed by atoms with E-state index in [2.05, 4.69) is 22.4 Å². The third-order valence-corrected chi connectivity index (χ3v) is 4.57. The molecule has 140 valence electrons. The zero-order chi connectivity index (χ0) is 19.4. The van der Waals surface area contributed by atoms with Crippen LogP contribution in [-0.2, 0) is 6.42 Å². The number of halogens is 1. The fourth-order valence-corrected chi connectivity index (χ4v) is 3.11. The van der Waals surface area contributed by atoms with Gasteiger partial charge in [-0.1, -0.05) is 30.3 Å². The maximum atomic E-state index is 13.7. The molecule has 0 aliphatic carbocycles. The highest BCUT2D eigenvalue weighted by atomic mass is 19.1. The molecule has 0 unspecified atom stereocenters. The normalized spacial score (nSPS) is 12.0. The topological polar surface area (TPSA) is 51.2 Å². The zero-order valence-electron chi connectivity index (χ0n) is 15.8. The predicted octanol–water partition coefficient (Wildman–Crippen LogP) is 4.44. The summed E-state index contributed by atoms with van der Waals surface area (Å²) in [6.45, 7) is 3.74. The largest absolute Gasteiger partial charge is 0.496 e. The van der Waals surface area contributed by atoms with Gasteiger partial charge in [-0.25, -0.2) is 9.37 Å². The number of rotatable bonds is 6. The Morgan fingerprint density at radius 1 is 1.22 bits per heavy atom. The van der Waals surface area contributed by atoms with E-state index < -0.39 is 0 Å². The van der Waals surface area contributed by atoms with Crippen molar-refractivity contribution in [3.8, 4) is 5.75 Å². The highest BCUT2D eigenvalue weighted by Crippen LogP contribution is 2.28. The van der Waals surface area contributed by atoms with Gasteiger partial charge in [0.15, 0.2) is 0 Å². The van der Waals surface area contributed by atoms with Crippen molar-refractivity contribution in [3.05, 3.63) is 71.2 Å². The Hall–Kier alpha value is -2.95. The molecule has 1 amide bonds. The van der Waals surface area contributed by atoms with E-state index in [1.54, 1.807) is 13.0 Å². The molecule has 27 heavy (non-hydrogen) atoms. The smallest absolute Gasteiger partial charge is 0.270 e. The number of hydrogen-bond acceptors (Lipinski definition) is 3. The van der Waals surface area contributed by atoms with Crippen molar-refractivity contribution in [1.29, 1.82) is 0 Å². The minimum atomic E-state index is -0.355. The molecule has 0 aliphatic rings. The van der Waals surface area contributed by atoms with E-state index in [1.807, 2.05) is 25.1 Å². The molecule has 0 aliphatic heterocycles. The molecule has 0 fully saturated rings. The van der Waals surface area contributed by atoms with Crippen LogP contribution in [0.2, 0.25) is 0 Å². The summed E-state index contributed by atoms with van der Waals surface area (Å²) in [6.07, 6.45) is 1.71. The SMILES string of the molecule is COc1cc(C(=O)N[C@@H](C)CCc2ccccc2)nc2c(C)cc(F)cc12. The Bertz CT molecular complexity index is 957. The first-order valence-corrected chi connectivity index (χ1v) is 8.97. The second-order valence-corrected chi connectivity index (χ2v) is 6.73. The van der Waals surface area contributed by atoms with Crippen LogP contribution in [0.15, 0.2) is 48.5 Å². The van der Waals surface area contributed by atoms with Crippen LogP contribution in [0.5, 0.6) is 5.75 Å². The average molecular weight is 366 g/mol. The quantitative estimate of drug-likeness (QED) is 0.702. The van der Waals surface area contributed by atoms with Gasteiger partial charge in [0, 0.05) is 17.5 Å². The molecule has 4 nitrogen and oxygen atoms in total. The van der Waals surface area contributed by atoms with E-state index in [0.717, 1.165) is 12.8 Å². The van der Waals surface area contributed by atoms with Crippen LogP contribution in [0.25, 0.3) is 10.9 Å². The molecule has 3 aromatic rings. The number of aromatic nitrogens is 1. The van der Waals surface area contributed by atoms with E-state index >= 15 is 0 Å². The van der Waals surface area contributed by atoms with Crippen LogP contribution >= 0.6 is 0 Å². The first-order valence-electron chi connectivity index (χ1n) is 8.97. The van der Waals surface area contributed by atoms with Crippen molar-refractivity contribution in [2.24, 2.45) is 0 Å². The Kier molecular flexibility index (Phi) is 5.69. The minimum absolute atomic E-state index is 0.00415. The van der Waals surface area contributed by atoms with Crippen LogP contribution < -0.4 is 10.1 Å². The van der Waals surface area contributed by atoms with Gasteiger partial charge in [0.1, 0.15) is 17.3 Å². The van der Waals surface area contributed by atoms with Crippen LogP contribution in [0.3, 0.4) is 0 Å². The predicted molar refractivity (Wildman–Crippen MR) is 105 cm³/mol.